The van der Waals surface area contributed by atoms with Crippen molar-refractivity contribution in [3.63, 3.8) is 0 Å². The molecular formula is C16H19NO2. The first-order chi connectivity index (χ1) is 9.29. The Balaban J connectivity index is 2.09. The highest BCUT2D eigenvalue weighted by Crippen LogP contribution is 2.53. The Labute approximate surface area is 113 Å². The van der Waals surface area contributed by atoms with Gasteiger partial charge in [-0.05, 0) is 61.8 Å². The van der Waals surface area contributed by atoms with Crippen LogP contribution in [0.1, 0.15) is 48.8 Å². The number of benzene rings is 1. The number of hydrogen-bond donors (Lipinski definition) is 0. The van der Waals surface area contributed by atoms with Gasteiger partial charge in [-0.1, -0.05) is 6.42 Å². The Morgan fingerprint density at radius 3 is 2.42 bits per heavy atom. The third-order valence-electron chi connectivity index (χ3n) is 4.40. The van der Waals surface area contributed by atoms with E-state index in [0.29, 0.717) is 0 Å². The minimum atomic E-state index is -0.339. The molecule has 1 aromatic carbocycles. The van der Waals surface area contributed by atoms with E-state index < -0.39 is 0 Å². The molecule has 0 saturated heterocycles. The number of isocyanates is 1. The van der Waals surface area contributed by atoms with Crippen LogP contribution in [0, 0.1) is 0 Å². The molecule has 19 heavy (non-hydrogen) atoms. The van der Waals surface area contributed by atoms with Gasteiger partial charge < -0.3 is 4.74 Å². The molecule has 100 valence electrons. The Kier molecular flexibility index (Phi) is 3.16. The third kappa shape index (κ3) is 2.19. The van der Waals surface area contributed by atoms with Crippen LogP contribution in [0.15, 0.2) is 17.1 Å². The van der Waals surface area contributed by atoms with Crippen molar-refractivity contribution >= 4 is 6.08 Å². The van der Waals surface area contributed by atoms with Crippen LogP contribution in [0.5, 0.6) is 5.75 Å². The van der Waals surface area contributed by atoms with Crippen LogP contribution in [-0.4, -0.2) is 13.2 Å². The average Bonchev–Trinajstić information content (AvgIpc) is 3.21. The lowest BCUT2D eigenvalue weighted by atomic mass is 9.94. The Bertz CT molecular complexity index is 540. The standard InChI is InChI=1S/C16H19NO2/c1-19-15-10-13-6-4-2-3-5-12(13)9-14(15)16(7-8-16)17-11-18/h9-10H,2-8H2,1H3. The Morgan fingerprint density at radius 1 is 1.16 bits per heavy atom. The summed E-state index contributed by atoms with van der Waals surface area (Å²) in [6.45, 7) is 0. The Morgan fingerprint density at radius 2 is 1.84 bits per heavy atom. The fraction of sp³-hybridized carbons (Fsp3) is 0.562. The molecule has 0 N–H and O–H groups in total. The van der Waals surface area contributed by atoms with E-state index in [-0.39, 0.29) is 5.54 Å². The van der Waals surface area contributed by atoms with E-state index >= 15 is 0 Å². The lowest BCUT2D eigenvalue weighted by Crippen LogP contribution is -2.07. The van der Waals surface area contributed by atoms with Gasteiger partial charge >= 0.3 is 0 Å². The zero-order chi connectivity index (χ0) is 13.3. The molecule has 1 aromatic rings. The van der Waals surface area contributed by atoms with Crippen LogP contribution in [-0.2, 0) is 23.2 Å². The molecule has 3 nitrogen and oxygen atoms in total. The van der Waals surface area contributed by atoms with Gasteiger partial charge in [-0.3, -0.25) is 0 Å². The summed E-state index contributed by atoms with van der Waals surface area (Å²) in [6, 6.07) is 4.39. The first-order valence-corrected chi connectivity index (χ1v) is 7.08. The molecule has 2 aliphatic carbocycles. The summed E-state index contributed by atoms with van der Waals surface area (Å²) in [5, 5.41) is 0. The Hall–Kier alpha value is -1.60. The van der Waals surface area contributed by atoms with Gasteiger partial charge in [0.1, 0.15) is 11.3 Å². The molecule has 0 bridgehead atoms. The molecule has 0 atom stereocenters. The van der Waals surface area contributed by atoms with Crippen molar-refractivity contribution in [2.45, 2.75) is 50.5 Å². The molecule has 3 heteroatoms. The minimum absolute atomic E-state index is 0.339. The van der Waals surface area contributed by atoms with Crippen LogP contribution < -0.4 is 4.74 Å². The molecule has 0 amide bonds. The number of nitrogens with zero attached hydrogens (tertiary/aromatic N) is 1. The molecule has 0 heterocycles. The van der Waals surface area contributed by atoms with E-state index in [4.69, 9.17) is 4.74 Å². The predicted molar refractivity (Wildman–Crippen MR) is 73.3 cm³/mol. The van der Waals surface area contributed by atoms with Gasteiger partial charge in [0.05, 0.1) is 7.11 Å². The number of rotatable bonds is 3. The van der Waals surface area contributed by atoms with Gasteiger partial charge in [-0.15, -0.1) is 0 Å². The molecule has 3 rings (SSSR count). The zero-order valence-electron chi connectivity index (χ0n) is 11.4. The van der Waals surface area contributed by atoms with Gasteiger partial charge in [0.2, 0.25) is 6.08 Å². The molecular weight excluding hydrogens is 238 g/mol. The quantitative estimate of drug-likeness (QED) is 0.473. The number of aryl methyl sites for hydroxylation is 2. The first kappa shape index (κ1) is 12.4. The molecule has 0 unspecified atom stereocenters. The van der Waals surface area contributed by atoms with E-state index in [1.54, 1.807) is 13.2 Å². The molecule has 0 aromatic heterocycles. The highest BCUT2D eigenvalue weighted by atomic mass is 16.5. The van der Waals surface area contributed by atoms with E-state index in [9.17, 15) is 4.79 Å². The molecule has 0 aliphatic heterocycles. The van der Waals surface area contributed by atoms with E-state index in [1.807, 2.05) is 0 Å². The number of hydrogen-bond acceptors (Lipinski definition) is 3. The second kappa shape index (κ2) is 4.82. The van der Waals surface area contributed by atoms with Crippen molar-refractivity contribution in [2.24, 2.45) is 4.99 Å². The van der Waals surface area contributed by atoms with Gasteiger partial charge in [0, 0.05) is 5.56 Å². The van der Waals surface area contributed by atoms with Crippen molar-refractivity contribution in [3.05, 3.63) is 28.8 Å². The number of methoxy groups -OCH3 is 1. The fourth-order valence-electron chi connectivity index (χ4n) is 3.12. The summed E-state index contributed by atoms with van der Waals surface area (Å²) >= 11 is 0. The lowest BCUT2D eigenvalue weighted by molar-refractivity contribution is 0.403. The minimum Gasteiger partial charge on any atom is -0.496 e. The van der Waals surface area contributed by atoms with Crippen molar-refractivity contribution in [3.8, 4) is 5.75 Å². The van der Waals surface area contributed by atoms with Crippen molar-refractivity contribution in [1.29, 1.82) is 0 Å². The van der Waals surface area contributed by atoms with E-state index in [1.165, 1.54) is 30.4 Å². The van der Waals surface area contributed by atoms with Crippen LogP contribution in [0.2, 0.25) is 0 Å². The maximum absolute atomic E-state index is 10.6. The van der Waals surface area contributed by atoms with Crippen LogP contribution in [0.3, 0.4) is 0 Å². The SMILES string of the molecule is COc1cc2c(cc1C1(N=C=O)CC1)CCCCC2. The van der Waals surface area contributed by atoms with Crippen molar-refractivity contribution < 1.29 is 9.53 Å². The number of fused-ring (bicyclic) bond motifs is 1. The zero-order valence-corrected chi connectivity index (χ0v) is 11.4. The smallest absolute Gasteiger partial charge is 0.235 e. The normalized spacial score (nSPS) is 19.8. The number of ether oxygens (including phenoxy) is 1. The summed E-state index contributed by atoms with van der Waals surface area (Å²) in [7, 11) is 1.70. The van der Waals surface area contributed by atoms with Crippen LogP contribution >= 0.6 is 0 Å². The summed E-state index contributed by atoms with van der Waals surface area (Å²) in [5.74, 6) is 0.886. The monoisotopic (exact) mass is 257 g/mol. The fourth-order valence-corrected chi connectivity index (χ4v) is 3.12. The molecule has 0 radical (unpaired) electrons. The first-order valence-electron chi connectivity index (χ1n) is 7.08. The summed E-state index contributed by atoms with van der Waals surface area (Å²) < 4.78 is 5.54. The van der Waals surface area contributed by atoms with E-state index in [0.717, 1.165) is 37.0 Å². The van der Waals surface area contributed by atoms with Gasteiger partial charge in [0.25, 0.3) is 0 Å². The maximum Gasteiger partial charge on any atom is 0.235 e. The van der Waals surface area contributed by atoms with Crippen molar-refractivity contribution in [1.82, 2.24) is 0 Å². The average molecular weight is 257 g/mol. The lowest BCUT2D eigenvalue weighted by Gasteiger charge is -2.17. The molecule has 1 fully saturated rings. The molecule has 2 aliphatic rings. The van der Waals surface area contributed by atoms with Crippen LogP contribution in [0.4, 0.5) is 0 Å². The number of aliphatic imine (C=N–C) groups is 1. The summed E-state index contributed by atoms with van der Waals surface area (Å²) in [4.78, 5) is 14.7. The third-order valence-corrected chi connectivity index (χ3v) is 4.40. The maximum atomic E-state index is 10.6. The van der Waals surface area contributed by atoms with E-state index in [2.05, 4.69) is 17.1 Å². The van der Waals surface area contributed by atoms with Gasteiger partial charge in [-0.25, -0.2) is 4.79 Å². The predicted octanol–water partition coefficient (Wildman–Crippen LogP) is 3.29. The summed E-state index contributed by atoms with van der Waals surface area (Å²) in [5.41, 5.74) is 3.57. The van der Waals surface area contributed by atoms with Gasteiger partial charge in [0.15, 0.2) is 0 Å². The highest BCUT2D eigenvalue weighted by molar-refractivity contribution is 5.51. The number of carbonyl (C=O) groups excluding carboxylic acids is 1. The molecule has 0 spiro atoms. The topological polar surface area (TPSA) is 38.7 Å². The largest absolute Gasteiger partial charge is 0.496 e. The van der Waals surface area contributed by atoms with Gasteiger partial charge in [-0.2, -0.15) is 4.99 Å². The van der Waals surface area contributed by atoms with Crippen LogP contribution in [0.25, 0.3) is 0 Å². The second-order valence-corrected chi connectivity index (χ2v) is 5.62. The second-order valence-electron chi connectivity index (χ2n) is 5.62. The molecule has 1 saturated carbocycles. The summed E-state index contributed by atoms with van der Waals surface area (Å²) in [6.07, 6.45) is 9.66. The van der Waals surface area contributed by atoms with Crippen molar-refractivity contribution in [2.75, 3.05) is 7.11 Å². The highest BCUT2D eigenvalue weighted by Gasteiger charge is 2.47.